The summed E-state index contributed by atoms with van der Waals surface area (Å²) in [6.45, 7) is 2.13. The van der Waals surface area contributed by atoms with Crippen LogP contribution in [-0.4, -0.2) is 39.3 Å². The third kappa shape index (κ3) is 10.1. The third-order valence-electron chi connectivity index (χ3n) is 5.55. The zero-order valence-corrected chi connectivity index (χ0v) is 16.8. The van der Waals surface area contributed by atoms with Crippen LogP contribution in [0.4, 0.5) is 0 Å². The van der Waals surface area contributed by atoms with Gasteiger partial charge in [0.15, 0.2) is 0 Å². The maximum absolute atomic E-state index is 12.2. The van der Waals surface area contributed by atoms with Gasteiger partial charge in [-0.3, -0.25) is 9.59 Å². The number of hydrogen-bond donors (Lipinski definition) is 3. The second kappa shape index (κ2) is 13.9. The van der Waals surface area contributed by atoms with E-state index in [9.17, 15) is 19.8 Å². The molecule has 0 spiro atoms. The number of aliphatic hydroxyl groups is 2. The second-order valence-electron chi connectivity index (χ2n) is 7.92. The van der Waals surface area contributed by atoms with Crippen LogP contribution in [0.2, 0.25) is 0 Å². The molecule has 156 valence electrons. The van der Waals surface area contributed by atoms with Crippen LogP contribution in [0.15, 0.2) is 12.2 Å². The van der Waals surface area contributed by atoms with Crippen molar-refractivity contribution in [1.82, 2.24) is 0 Å². The van der Waals surface area contributed by atoms with Crippen LogP contribution in [0.5, 0.6) is 0 Å². The molecule has 3 N–H and O–H groups in total. The van der Waals surface area contributed by atoms with Crippen LogP contribution in [-0.2, 0) is 9.59 Å². The van der Waals surface area contributed by atoms with Crippen molar-refractivity contribution in [3.05, 3.63) is 12.2 Å². The summed E-state index contributed by atoms with van der Waals surface area (Å²) >= 11 is 0. The lowest BCUT2D eigenvalue weighted by Crippen LogP contribution is -2.19. The predicted molar refractivity (Wildman–Crippen MR) is 106 cm³/mol. The molecule has 27 heavy (non-hydrogen) atoms. The Morgan fingerprint density at radius 1 is 1.11 bits per heavy atom. The lowest BCUT2D eigenvalue weighted by molar-refractivity contribution is -0.137. The fraction of sp³-hybridized carbons (Fsp3) is 0.818. The molecule has 0 heterocycles. The van der Waals surface area contributed by atoms with E-state index in [2.05, 4.69) is 6.92 Å². The topological polar surface area (TPSA) is 94.8 Å². The lowest BCUT2D eigenvalue weighted by atomic mass is 9.88. The van der Waals surface area contributed by atoms with Crippen LogP contribution in [0.3, 0.4) is 0 Å². The standard InChI is InChI=1S/C22H38O5/c1-2-3-8-11-17(23)14-15-19-18(20(24)16-21(19)25)12-9-6-4-5-7-10-13-22(26)27/h14-15,17-19,21,23,25H,2-13,16H2,1H3,(H,26,27)/t17?,18?,19-,21?/m1/s1. The molecule has 1 aliphatic rings. The molecule has 0 bridgehead atoms. The minimum atomic E-state index is -0.733. The highest BCUT2D eigenvalue weighted by Crippen LogP contribution is 2.34. The van der Waals surface area contributed by atoms with E-state index in [-0.39, 0.29) is 30.5 Å². The van der Waals surface area contributed by atoms with E-state index < -0.39 is 18.2 Å². The number of hydrogen-bond acceptors (Lipinski definition) is 4. The first-order valence-electron chi connectivity index (χ1n) is 10.7. The molecule has 1 rings (SSSR count). The van der Waals surface area contributed by atoms with Gasteiger partial charge in [0.25, 0.3) is 0 Å². The van der Waals surface area contributed by atoms with E-state index in [1.165, 1.54) is 0 Å². The molecule has 1 aliphatic carbocycles. The zero-order valence-electron chi connectivity index (χ0n) is 16.8. The van der Waals surface area contributed by atoms with E-state index >= 15 is 0 Å². The summed E-state index contributed by atoms with van der Waals surface area (Å²) in [5, 5.41) is 28.8. The Bertz CT molecular complexity index is 460. The molecular weight excluding hydrogens is 344 g/mol. The van der Waals surface area contributed by atoms with E-state index in [1.807, 2.05) is 6.08 Å². The Morgan fingerprint density at radius 2 is 1.78 bits per heavy atom. The number of ketones is 1. The summed E-state index contributed by atoms with van der Waals surface area (Å²) in [5.74, 6) is -0.901. The minimum absolute atomic E-state index is 0.133. The third-order valence-corrected chi connectivity index (χ3v) is 5.55. The van der Waals surface area contributed by atoms with Gasteiger partial charge in [-0.1, -0.05) is 70.4 Å². The van der Waals surface area contributed by atoms with Crippen LogP contribution in [0, 0.1) is 11.8 Å². The first kappa shape index (κ1) is 23.8. The van der Waals surface area contributed by atoms with Crippen molar-refractivity contribution >= 4 is 11.8 Å². The van der Waals surface area contributed by atoms with Crippen LogP contribution < -0.4 is 0 Å². The van der Waals surface area contributed by atoms with E-state index in [0.29, 0.717) is 0 Å². The maximum atomic E-state index is 12.2. The number of aliphatic carboxylic acids is 1. The molecule has 3 unspecified atom stereocenters. The van der Waals surface area contributed by atoms with Gasteiger partial charge in [-0.25, -0.2) is 0 Å². The van der Waals surface area contributed by atoms with Crippen LogP contribution in [0.25, 0.3) is 0 Å². The quantitative estimate of drug-likeness (QED) is 0.291. The minimum Gasteiger partial charge on any atom is -0.481 e. The number of carbonyl (C=O) groups is 2. The van der Waals surface area contributed by atoms with Gasteiger partial charge in [0, 0.05) is 24.7 Å². The highest BCUT2D eigenvalue weighted by atomic mass is 16.4. The summed E-state index contributed by atoms with van der Waals surface area (Å²) < 4.78 is 0. The van der Waals surface area contributed by atoms with Crippen molar-refractivity contribution in [3.8, 4) is 0 Å². The molecule has 5 heteroatoms. The zero-order chi connectivity index (χ0) is 20.1. The Hall–Kier alpha value is -1.20. The van der Waals surface area contributed by atoms with Crippen LogP contribution >= 0.6 is 0 Å². The van der Waals surface area contributed by atoms with Gasteiger partial charge < -0.3 is 15.3 Å². The molecule has 0 aliphatic heterocycles. The van der Waals surface area contributed by atoms with E-state index in [4.69, 9.17) is 5.11 Å². The molecule has 0 aromatic rings. The summed E-state index contributed by atoms with van der Waals surface area (Å²) in [6.07, 6.45) is 13.4. The van der Waals surface area contributed by atoms with Crippen molar-refractivity contribution in [2.24, 2.45) is 11.8 Å². The largest absolute Gasteiger partial charge is 0.481 e. The average molecular weight is 383 g/mol. The SMILES string of the molecule is CCCCCC(O)C=C[C@H]1C(O)CC(=O)C1CCCCCCCCC(=O)O. The number of carboxylic acid groups (broad SMARTS) is 1. The fourth-order valence-electron chi connectivity index (χ4n) is 3.90. The molecule has 0 aromatic carbocycles. The molecule has 4 atom stereocenters. The van der Waals surface area contributed by atoms with Crippen molar-refractivity contribution in [2.75, 3.05) is 0 Å². The number of carboxylic acids is 1. The smallest absolute Gasteiger partial charge is 0.303 e. The summed E-state index contributed by atoms with van der Waals surface area (Å²) in [7, 11) is 0. The van der Waals surface area contributed by atoms with Gasteiger partial charge in [0.1, 0.15) is 5.78 Å². The van der Waals surface area contributed by atoms with Crippen molar-refractivity contribution < 1.29 is 24.9 Å². The van der Waals surface area contributed by atoms with Gasteiger partial charge in [-0.05, 0) is 19.3 Å². The van der Waals surface area contributed by atoms with Gasteiger partial charge in [0.05, 0.1) is 12.2 Å². The molecule has 0 amide bonds. The summed E-state index contributed by atoms with van der Waals surface area (Å²) in [4.78, 5) is 22.7. The van der Waals surface area contributed by atoms with Crippen LogP contribution in [0.1, 0.15) is 90.4 Å². The fourth-order valence-corrected chi connectivity index (χ4v) is 3.90. The highest BCUT2D eigenvalue weighted by molar-refractivity contribution is 5.84. The molecule has 5 nitrogen and oxygen atoms in total. The van der Waals surface area contributed by atoms with Crippen molar-refractivity contribution in [2.45, 2.75) is 103 Å². The second-order valence-corrected chi connectivity index (χ2v) is 7.92. The highest BCUT2D eigenvalue weighted by Gasteiger charge is 2.39. The number of rotatable bonds is 15. The Kier molecular flexibility index (Phi) is 12.3. The number of Topliss-reactive ketones (excluding diaryl/α,β-unsaturated/α-hetero) is 1. The predicted octanol–water partition coefficient (Wildman–Crippen LogP) is 4.26. The molecule has 0 radical (unpaired) electrons. The average Bonchev–Trinajstić information content (AvgIpc) is 2.88. The first-order chi connectivity index (χ1) is 13.0. The normalized spacial score (nSPS) is 24.0. The lowest BCUT2D eigenvalue weighted by Gasteiger charge is -2.18. The van der Waals surface area contributed by atoms with Crippen molar-refractivity contribution in [3.63, 3.8) is 0 Å². The number of carbonyl (C=O) groups excluding carboxylic acids is 1. The Balaban J connectivity index is 2.30. The molecular formula is C22H38O5. The van der Waals surface area contributed by atoms with E-state index in [1.54, 1.807) is 6.08 Å². The van der Waals surface area contributed by atoms with E-state index in [0.717, 1.165) is 70.6 Å². The van der Waals surface area contributed by atoms with Gasteiger partial charge >= 0.3 is 5.97 Å². The van der Waals surface area contributed by atoms with Crippen molar-refractivity contribution in [1.29, 1.82) is 0 Å². The molecule has 0 saturated heterocycles. The van der Waals surface area contributed by atoms with Gasteiger partial charge in [0.2, 0.25) is 0 Å². The Labute approximate surface area is 163 Å². The molecule has 0 aromatic heterocycles. The molecule has 1 saturated carbocycles. The first-order valence-corrected chi connectivity index (χ1v) is 10.7. The summed E-state index contributed by atoms with van der Waals surface area (Å²) in [6, 6.07) is 0. The van der Waals surface area contributed by atoms with Gasteiger partial charge in [-0.15, -0.1) is 0 Å². The molecule has 1 fully saturated rings. The van der Waals surface area contributed by atoms with Gasteiger partial charge in [-0.2, -0.15) is 0 Å². The Morgan fingerprint density at radius 3 is 2.44 bits per heavy atom. The maximum Gasteiger partial charge on any atom is 0.303 e. The monoisotopic (exact) mass is 382 g/mol. The summed E-state index contributed by atoms with van der Waals surface area (Å²) in [5.41, 5.74) is 0. The number of unbranched alkanes of at least 4 members (excludes halogenated alkanes) is 7. The number of aliphatic hydroxyl groups excluding tert-OH is 2.